The number of hydrogen-bond acceptors (Lipinski definition) is 5. The van der Waals surface area contributed by atoms with Gasteiger partial charge in [-0.2, -0.15) is 0 Å². The Kier molecular flexibility index (Phi) is 6.85. The first-order valence-electron chi connectivity index (χ1n) is 11.4. The maximum atomic E-state index is 13.4. The van der Waals surface area contributed by atoms with E-state index in [1.165, 1.54) is 0 Å². The zero-order valence-corrected chi connectivity index (χ0v) is 17.9. The Labute approximate surface area is 179 Å². The first-order valence-corrected chi connectivity index (χ1v) is 11.4. The molecule has 6 nitrogen and oxygen atoms in total. The van der Waals surface area contributed by atoms with Gasteiger partial charge in [0.2, 0.25) is 0 Å². The normalized spacial score (nSPS) is 22.6. The van der Waals surface area contributed by atoms with Gasteiger partial charge in [-0.25, -0.2) is 0 Å². The molecule has 2 aliphatic rings. The Bertz CT molecular complexity index is 808. The number of benzene rings is 1. The molecule has 0 saturated heterocycles. The van der Waals surface area contributed by atoms with Gasteiger partial charge in [-0.15, -0.1) is 0 Å². The third-order valence-electron chi connectivity index (χ3n) is 6.35. The predicted molar refractivity (Wildman–Crippen MR) is 117 cm³/mol. The van der Waals surface area contributed by atoms with Gasteiger partial charge in [0.15, 0.2) is 5.69 Å². The van der Waals surface area contributed by atoms with Gasteiger partial charge in [0, 0.05) is 36.7 Å². The van der Waals surface area contributed by atoms with Crippen LogP contribution in [-0.2, 0) is 6.54 Å². The highest BCUT2D eigenvalue weighted by molar-refractivity contribution is 5.92. The summed E-state index contributed by atoms with van der Waals surface area (Å²) >= 11 is 0. The van der Waals surface area contributed by atoms with Gasteiger partial charge in [-0.1, -0.05) is 35.5 Å². The molecule has 0 unspecified atom stereocenters. The molecule has 1 heterocycles. The van der Waals surface area contributed by atoms with Crippen LogP contribution in [0.3, 0.4) is 0 Å². The van der Waals surface area contributed by atoms with E-state index < -0.39 is 0 Å². The van der Waals surface area contributed by atoms with E-state index in [1.54, 1.807) is 0 Å². The second-order valence-corrected chi connectivity index (χ2v) is 9.03. The van der Waals surface area contributed by atoms with Crippen LogP contribution in [0.4, 0.5) is 0 Å². The zero-order chi connectivity index (χ0) is 20.9. The fraction of sp³-hybridized carbons (Fsp3) is 0.583. The van der Waals surface area contributed by atoms with Crippen LogP contribution in [0.1, 0.15) is 79.6 Å². The molecule has 1 aromatic heterocycles. The number of nitrogens with zero attached hydrogens (tertiary/aromatic N) is 2. The second kappa shape index (κ2) is 9.75. The van der Waals surface area contributed by atoms with Gasteiger partial charge in [-0.05, 0) is 64.0 Å². The van der Waals surface area contributed by atoms with Crippen molar-refractivity contribution in [2.45, 2.75) is 82.5 Å². The van der Waals surface area contributed by atoms with E-state index in [1.807, 2.05) is 36.1 Å². The van der Waals surface area contributed by atoms with E-state index >= 15 is 0 Å². The van der Waals surface area contributed by atoms with Gasteiger partial charge in [-0.3, -0.25) is 4.79 Å². The number of rotatable bonds is 9. The summed E-state index contributed by atoms with van der Waals surface area (Å²) in [6.45, 7) is 3.62. The van der Waals surface area contributed by atoms with Gasteiger partial charge >= 0.3 is 0 Å². The largest absolute Gasteiger partial charge is 0.360 e. The highest BCUT2D eigenvalue weighted by Gasteiger charge is 2.33. The molecule has 2 aromatic rings. The van der Waals surface area contributed by atoms with Crippen molar-refractivity contribution in [2.24, 2.45) is 5.73 Å². The smallest absolute Gasteiger partial charge is 0.276 e. The number of nitrogens with one attached hydrogen (secondary N) is 1. The van der Waals surface area contributed by atoms with Crippen molar-refractivity contribution in [3.05, 3.63) is 53.4 Å². The minimum Gasteiger partial charge on any atom is -0.360 e. The molecule has 6 heteroatoms. The Morgan fingerprint density at radius 1 is 1.20 bits per heavy atom. The summed E-state index contributed by atoms with van der Waals surface area (Å²) in [6.07, 6.45) is 7.42. The topological polar surface area (TPSA) is 84.4 Å². The third-order valence-corrected chi connectivity index (χ3v) is 6.35. The summed E-state index contributed by atoms with van der Waals surface area (Å²) < 4.78 is 5.46. The Balaban J connectivity index is 1.42. The van der Waals surface area contributed by atoms with Crippen molar-refractivity contribution in [1.29, 1.82) is 0 Å². The number of hydrogen-bond donors (Lipinski definition) is 2. The number of carbonyl (C=O) groups excluding carboxylic acids is 1. The first-order chi connectivity index (χ1) is 14.6. The average molecular weight is 411 g/mol. The number of amides is 1. The lowest BCUT2D eigenvalue weighted by Gasteiger charge is -2.37. The summed E-state index contributed by atoms with van der Waals surface area (Å²) in [6, 6.07) is 13.1. The molecule has 0 radical (unpaired) electrons. The quantitative estimate of drug-likeness (QED) is 0.656. The first kappa shape index (κ1) is 21.1. The maximum absolute atomic E-state index is 13.4. The molecule has 2 saturated carbocycles. The van der Waals surface area contributed by atoms with Crippen LogP contribution in [0.25, 0.3) is 0 Å². The molecule has 0 spiro atoms. The molecule has 162 valence electrons. The van der Waals surface area contributed by atoms with Gasteiger partial charge < -0.3 is 20.5 Å². The summed E-state index contributed by atoms with van der Waals surface area (Å²) in [4.78, 5) is 15.4. The van der Waals surface area contributed by atoms with Gasteiger partial charge in [0.25, 0.3) is 5.91 Å². The predicted octanol–water partition coefficient (Wildman–Crippen LogP) is 3.83. The highest BCUT2D eigenvalue weighted by atomic mass is 16.5. The summed E-state index contributed by atoms with van der Waals surface area (Å²) in [5, 5.41) is 7.75. The van der Waals surface area contributed by atoms with Crippen LogP contribution in [0.2, 0.25) is 0 Å². The zero-order valence-electron chi connectivity index (χ0n) is 17.9. The lowest BCUT2D eigenvalue weighted by Crippen LogP contribution is -2.45. The van der Waals surface area contributed by atoms with Gasteiger partial charge in [0.1, 0.15) is 5.76 Å². The molecule has 1 amide bonds. The Morgan fingerprint density at radius 3 is 2.60 bits per heavy atom. The number of aromatic nitrogens is 1. The summed E-state index contributed by atoms with van der Waals surface area (Å²) in [7, 11) is 0. The molecular weight excluding hydrogens is 376 g/mol. The maximum Gasteiger partial charge on any atom is 0.276 e. The fourth-order valence-electron chi connectivity index (χ4n) is 4.35. The molecule has 2 fully saturated rings. The molecule has 0 bridgehead atoms. The SMILES string of the molecule is C[C@@H](N)CCNC1CCC(N(Cc2ccccc2)C(=O)c2cc(C3CC3)on2)CC1. The Morgan fingerprint density at radius 2 is 1.93 bits per heavy atom. The lowest BCUT2D eigenvalue weighted by atomic mass is 9.89. The average Bonchev–Trinajstić information content (AvgIpc) is 3.49. The van der Waals surface area contributed by atoms with Gasteiger partial charge in [0.05, 0.1) is 0 Å². The number of carbonyl (C=O) groups is 1. The molecule has 3 N–H and O–H groups in total. The van der Waals surface area contributed by atoms with E-state index in [0.717, 1.165) is 62.8 Å². The van der Waals surface area contributed by atoms with Crippen molar-refractivity contribution >= 4 is 5.91 Å². The Hall–Kier alpha value is -2.18. The van der Waals surface area contributed by atoms with E-state index in [9.17, 15) is 4.79 Å². The molecule has 4 rings (SSSR count). The van der Waals surface area contributed by atoms with Crippen LogP contribution in [-0.4, -0.2) is 40.6 Å². The van der Waals surface area contributed by atoms with Crippen LogP contribution < -0.4 is 11.1 Å². The van der Waals surface area contributed by atoms with Crippen molar-refractivity contribution in [3.8, 4) is 0 Å². The monoisotopic (exact) mass is 410 g/mol. The summed E-state index contributed by atoms with van der Waals surface area (Å²) in [5.74, 6) is 1.31. The minimum absolute atomic E-state index is 0.0112. The van der Waals surface area contributed by atoms with E-state index in [2.05, 4.69) is 22.6 Å². The molecule has 30 heavy (non-hydrogen) atoms. The van der Waals surface area contributed by atoms with Crippen LogP contribution >= 0.6 is 0 Å². The van der Waals surface area contributed by atoms with E-state index in [0.29, 0.717) is 24.2 Å². The van der Waals surface area contributed by atoms with E-state index in [4.69, 9.17) is 10.3 Å². The molecule has 1 atom stereocenters. The molecule has 1 aromatic carbocycles. The van der Waals surface area contributed by atoms with Crippen molar-refractivity contribution in [2.75, 3.05) is 6.54 Å². The summed E-state index contributed by atoms with van der Waals surface area (Å²) in [5.41, 5.74) is 7.45. The minimum atomic E-state index is -0.0112. The second-order valence-electron chi connectivity index (χ2n) is 9.03. The molecule has 0 aliphatic heterocycles. The van der Waals surface area contributed by atoms with Crippen LogP contribution in [0, 0.1) is 0 Å². The fourth-order valence-corrected chi connectivity index (χ4v) is 4.35. The van der Waals surface area contributed by atoms with E-state index in [-0.39, 0.29) is 18.0 Å². The third kappa shape index (κ3) is 5.49. The van der Waals surface area contributed by atoms with Crippen LogP contribution in [0.15, 0.2) is 40.9 Å². The van der Waals surface area contributed by atoms with Crippen molar-refractivity contribution < 1.29 is 9.32 Å². The number of nitrogens with two attached hydrogens (primary N) is 1. The van der Waals surface area contributed by atoms with Crippen molar-refractivity contribution in [1.82, 2.24) is 15.4 Å². The van der Waals surface area contributed by atoms with Crippen LogP contribution in [0.5, 0.6) is 0 Å². The standard InChI is InChI=1S/C24H34N4O2/c1-17(25)13-14-26-20-9-11-21(12-10-20)28(16-18-5-3-2-4-6-18)24(29)22-15-23(30-27-22)19-7-8-19/h2-6,15,17,19-21,26H,7-14,16,25H2,1H3/t17-,20?,21?/m1/s1. The highest BCUT2D eigenvalue weighted by Crippen LogP contribution is 2.40. The lowest BCUT2D eigenvalue weighted by molar-refractivity contribution is 0.0589. The molecular formula is C24H34N4O2. The van der Waals surface area contributed by atoms with Crippen molar-refractivity contribution in [3.63, 3.8) is 0 Å². The molecule has 2 aliphatic carbocycles.